The highest BCUT2D eigenvalue weighted by atomic mass is 16.5. The lowest BCUT2D eigenvalue weighted by molar-refractivity contribution is -0.151. The molecule has 0 aliphatic heterocycles. The molecule has 32 heavy (non-hydrogen) atoms. The van der Waals surface area contributed by atoms with Crippen molar-refractivity contribution in [3.63, 3.8) is 0 Å². The van der Waals surface area contributed by atoms with E-state index in [1.165, 1.54) is 12.7 Å². The van der Waals surface area contributed by atoms with Crippen LogP contribution in [0.25, 0.3) is 0 Å². The van der Waals surface area contributed by atoms with Gasteiger partial charge in [-0.3, -0.25) is 14.4 Å². The van der Waals surface area contributed by atoms with Crippen LogP contribution in [0.3, 0.4) is 0 Å². The quantitative estimate of drug-likeness (QED) is 0.255. The molecule has 0 aliphatic carbocycles. The number of carbonyl (C=O) groups excluding carboxylic acids is 2. The summed E-state index contributed by atoms with van der Waals surface area (Å²) in [6.07, 6.45) is 7.29. The fourth-order valence-corrected chi connectivity index (χ4v) is 3.72. The number of esters is 2. The largest absolute Gasteiger partial charge is 0.481 e. The average molecular weight is 449 g/mol. The molecule has 0 amide bonds. The van der Waals surface area contributed by atoms with Crippen molar-refractivity contribution in [3.05, 3.63) is 35.4 Å². The number of methoxy groups -OCH3 is 1. The molecule has 6 nitrogen and oxygen atoms in total. The molecule has 0 radical (unpaired) electrons. The van der Waals surface area contributed by atoms with E-state index >= 15 is 0 Å². The highest BCUT2D eigenvalue weighted by molar-refractivity contribution is 5.75. The van der Waals surface area contributed by atoms with E-state index in [9.17, 15) is 19.5 Å². The van der Waals surface area contributed by atoms with Crippen molar-refractivity contribution in [3.8, 4) is 0 Å². The fourth-order valence-electron chi connectivity index (χ4n) is 3.72. The van der Waals surface area contributed by atoms with Crippen LogP contribution in [0.4, 0.5) is 0 Å². The summed E-state index contributed by atoms with van der Waals surface area (Å²) in [5, 5.41) is 9.77. The minimum absolute atomic E-state index is 0.256. The minimum Gasteiger partial charge on any atom is -0.481 e. The molecule has 180 valence electrons. The molecule has 0 spiro atoms. The second-order valence-corrected chi connectivity index (χ2v) is 8.42. The number of benzene rings is 1. The smallest absolute Gasteiger partial charge is 0.308 e. The minimum atomic E-state index is -0.881. The van der Waals surface area contributed by atoms with Crippen LogP contribution in [0.15, 0.2) is 24.3 Å². The molecule has 1 aromatic rings. The lowest BCUT2D eigenvalue weighted by Crippen LogP contribution is -2.25. The number of rotatable bonds is 17. The standard InChI is InChI=1S/C26H40O6/c1-4-6-18-32-26(30)23(10-7-8-11-24(27)31-3)19-22(25(28)29)17-16-21-14-12-20(9-5-2)13-15-21/h12-15,22-23H,4-11,16-19H2,1-3H3,(H,28,29). The van der Waals surface area contributed by atoms with Crippen molar-refractivity contribution in [1.29, 1.82) is 0 Å². The van der Waals surface area contributed by atoms with Gasteiger partial charge in [0.25, 0.3) is 0 Å². The number of aryl methyl sites for hydroxylation is 2. The van der Waals surface area contributed by atoms with Crippen LogP contribution in [-0.2, 0) is 36.7 Å². The van der Waals surface area contributed by atoms with Crippen molar-refractivity contribution < 1.29 is 29.0 Å². The summed E-state index contributed by atoms with van der Waals surface area (Å²) in [6, 6.07) is 8.33. The molecule has 0 bridgehead atoms. The van der Waals surface area contributed by atoms with Crippen LogP contribution >= 0.6 is 0 Å². The van der Waals surface area contributed by atoms with Crippen LogP contribution in [0.1, 0.15) is 82.8 Å². The monoisotopic (exact) mass is 448 g/mol. The number of unbranched alkanes of at least 4 members (excludes halogenated alkanes) is 2. The Morgan fingerprint density at radius 1 is 0.875 bits per heavy atom. The molecule has 0 saturated heterocycles. The van der Waals surface area contributed by atoms with Gasteiger partial charge in [-0.15, -0.1) is 0 Å². The third kappa shape index (κ3) is 11.3. The first kappa shape index (κ1) is 27.7. The Morgan fingerprint density at radius 2 is 1.53 bits per heavy atom. The zero-order valence-corrected chi connectivity index (χ0v) is 19.9. The molecule has 6 heteroatoms. The Bertz CT molecular complexity index is 682. The van der Waals surface area contributed by atoms with Crippen molar-refractivity contribution in [1.82, 2.24) is 0 Å². The highest BCUT2D eigenvalue weighted by Gasteiger charge is 2.28. The summed E-state index contributed by atoms with van der Waals surface area (Å²) in [6.45, 7) is 4.52. The first-order valence-electron chi connectivity index (χ1n) is 11.9. The SMILES string of the molecule is CCCCOC(=O)C(CCCCC(=O)OC)CC(CCc1ccc(CCC)cc1)C(=O)O. The van der Waals surface area contributed by atoms with Gasteiger partial charge in [0, 0.05) is 6.42 Å². The lowest BCUT2D eigenvalue weighted by atomic mass is 9.86. The maximum atomic E-state index is 12.6. The predicted molar refractivity (Wildman–Crippen MR) is 124 cm³/mol. The summed E-state index contributed by atoms with van der Waals surface area (Å²) in [4.78, 5) is 35.9. The molecule has 0 fully saturated rings. The van der Waals surface area contributed by atoms with Crippen LogP contribution in [-0.4, -0.2) is 36.7 Å². The number of aliphatic carboxylic acids is 1. The van der Waals surface area contributed by atoms with Crippen molar-refractivity contribution in [2.24, 2.45) is 11.8 Å². The molecule has 0 aliphatic rings. The zero-order valence-electron chi connectivity index (χ0n) is 19.9. The summed E-state index contributed by atoms with van der Waals surface area (Å²) >= 11 is 0. The van der Waals surface area contributed by atoms with E-state index in [2.05, 4.69) is 35.9 Å². The average Bonchev–Trinajstić information content (AvgIpc) is 2.78. The third-order valence-corrected chi connectivity index (χ3v) is 5.75. The Balaban J connectivity index is 2.70. The van der Waals surface area contributed by atoms with E-state index in [1.807, 2.05) is 6.92 Å². The molecule has 0 saturated carbocycles. The van der Waals surface area contributed by atoms with Gasteiger partial charge in [-0.25, -0.2) is 0 Å². The Labute approximate surface area is 192 Å². The number of ether oxygens (including phenoxy) is 2. The van der Waals surface area contributed by atoms with Crippen LogP contribution in [0.5, 0.6) is 0 Å². The molecule has 1 N–H and O–H groups in total. The normalized spacial score (nSPS) is 12.7. The molecule has 2 unspecified atom stereocenters. The van der Waals surface area contributed by atoms with Crippen LogP contribution in [0.2, 0.25) is 0 Å². The van der Waals surface area contributed by atoms with Gasteiger partial charge in [0.15, 0.2) is 0 Å². The fraction of sp³-hybridized carbons (Fsp3) is 0.654. The van der Waals surface area contributed by atoms with Gasteiger partial charge >= 0.3 is 17.9 Å². The number of carboxylic acids is 1. The first-order chi connectivity index (χ1) is 15.4. The maximum absolute atomic E-state index is 12.6. The van der Waals surface area contributed by atoms with E-state index < -0.39 is 17.8 Å². The number of carboxylic acid groups (broad SMARTS) is 1. The number of carbonyl (C=O) groups is 3. The zero-order chi connectivity index (χ0) is 23.8. The van der Waals surface area contributed by atoms with Gasteiger partial charge in [-0.1, -0.05) is 57.4 Å². The molecular formula is C26H40O6. The predicted octanol–water partition coefficient (Wildman–Crippen LogP) is 5.36. The molecule has 0 heterocycles. The van der Waals surface area contributed by atoms with Gasteiger partial charge in [0.2, 0.25) is 0 Å². The van der Waals surface area contributed by atoms with Crippen LogP contribution < -0.4 is 0 Å². The molecule has 0 aromatic heterocycles. The first-order valence-corrected chi connectivity index (χ1v) is 11.9. The van der Waals surface area contributed by atoms with E-state index in [-0.39, 0.29) is 18.4 Å². The highest BCUT2D eigenvalue weighted by Crippen LogP contribution is 2.25. The lowest BCUT2D eigenvalue weighted by Gasteiger charge is -2.20. The van der Waals surface area contributed by atoms with E-state index in [1.54, 1.807) is 0 Å². The maximum Gasteiger partial charge on any atom is 0.308 e. The third-order valence-electron chi connectivity index (χ3n) is 5.75. The second-order valence-electron chi connectivity index (χ2n) is 8.42. The summed E-state index contributed by atoms with van der Waals surface area (Å²) < 4.78 is 10.1. The van der Waals surface area contributed by atoms with Gasteiger partial charge in [-0.2, -0.15) is 0 Å². The Morgan fingerprint density at radius 3 is 2.09 bits per heavy atom. The van der Waals surface area contributed by atoms with Gasteiger partial charge in [-0.05, 0) is 56.1 Å². The Kier molecular flexibility index (Phi) is 14.1. The number of hydrogen-bond acceptors (Lipinski definition) is 5. The topological polar surface area (TPSA) is 89.9 Å². The second kappa shape index (κ2) is 16.3. The van der Waals surface area contributed by atoms with Gasteiger partial charge < -0.3 is 14.6 Å². The van der Waals surface area contributed by atoms with Gasteiger partial charge in [0.1, 0.15) is 0 Å². The van der Waals surface area contributed by atoms with Crippen LogP contribution in [0, 0.1) is 11.8 Å². The van der Waals surface area contributed by atoms with Gasteiger partial charge in [0.05, 0.1) is 25.6 Å². The molecule has 1 aromatic carbocycles. The Hall–Kier alpha value is -2.37. The van der Waals surface area contributed by atoms with E-state index in [0.29, 0.717) is 45.1 Å². The summed E-state index contributed by atoms with van der Waals surface area (Å²) in [5.74, 6) is -2.58. The van der Waals surface area contributed by atoms with E-state index in [4.69, 9.17) is 4.74 Å². The van der Waals surface area contributed by atoms with Crippen molar-refractivity contribution in [2.45, 2.75) is 84.5 Å². The van der Waals surface area contributed by atoms with E-state index in [0.717, 1.165) is 31.2 Å². The molecular weight excluding hydrogens is 408 g/mol. The molecule has 1 rings (SSSR count). The molecule has 2 atom stereocenters. The summed E-state index contributed by atoms with van der Waals surface area (Å²) in [5.41, 5.74) is 2.39. The number of hydrogen-bond donors (Lipinski definition) is 1. The van der Waals surface area contributed by atoms with Crippen molar-refractivity contribution in [2.75, 3.05) is 13.7 Å². The summed E-state index contributed by atoms with van der Waals surface area (Å²) in [7, 11) is 1.35. The van der Waals surface area contributed by atoms with Crippen molar-refractivity contribution >= 4 is 17.9 Å².